The van der Waals surface area contributed by atoms with Gasteiger partial charge >= 0.3 is 5.97 Å². The van der Waals surface area contributed by atoms with E-state index in [1.807, 2.05) is 38.1 Å². The zero-order valence-electron chi connectivity index (χ0n) is 22.7. The largest absolute Gasteiger partial charge is 0.497 e. The molecule has 0 radical (unpaired) electrons. The van der Waals surface area contributed by atoms with E-state index in [2.05, 4.69) is 0 Å². The normalized spacial score (nSPS) is 26.4. The second-order valence-corrected chi connectivity index (χ2v) is 9.63. The minimum Gasteiger partial charge on any atom is -0.497 e. The number of benzene rings is 2. The molecule has 4 atom stereocenters. The first-order valence-electron chi connectivity index (χ1n) is 12.9. The third-order valence-electron chi connectivity index (χ3n) is 6.31. The SMILES string of the molecule is COCOc1cc(OC)cc2c1C(O)OCC/C=C\C(OC(=O)c1ccccc1)C1OC(C)(C)O[C@H]1C/C=C/2. The minimum atomic E-state index is -1.26. The maximum Gasteiger partial charge on any atom is 0.338 e. The van der Waals surface area contributed by atoms with Crippen LogP contribution in [0.25, 0.3) is 6.08 Å². The number of fused-ring (bicyclic) bond motifs is 2. The first-order chi connectivity index (χ1) is 18.8. The van der Waals surface area contributed by atoms with Gasteiger partial charge in [0.05, 0.1) is 30.9 Å². The Balaban J connectivity index is 1.66. The van der Waals surface area contributed by atoms with E-state index >= 15 is 0 Å². The monoisotopic (exact) mass is 540 g/mol. The molecule has 210 valence electrons. The average Bonchev–Trinajstić information content (AvgIpc) is 3.24. The van der Waals surface area contributed by atoms with Crippen molar-refractivity contribution in [1.82, 2.24) is 0 Å². The molecule has 1 N–H and O–H groups in total. The molecule has 39 heavy (non-hydrogen) atoms. The number of ether oxygens (including phenoxy) is 7. The molecule has 0 aromatic heterocycles. The van der Waals surface area contributed by atoms with Gasteiger partial charge in [0.1, 0.15) is 23.7 Å². The van der Waals surface area contributed by atoms with E-state index < -0.39 is 36.4 Å². The fraction of sp³-hybridized carbons (Fsp3) is 0.433. The van der Waals surface area contributed by atoms with E-state index in [0.29, 0.717) is 41.0 Å². The fourth-order valence-corrected chi connectivity index (χ4v) is 4.58. The predicted octanol–water partition coefficient (Wildman–Crippen LogP) is 4.79. The summed E-state index contributed by atoms with van der Waals surface area (Å²) in [6.07, 6.45) is 5.39. The summed E-state index contributed by atoms with van der Waals surface area (Å²) in [5.74, 6) is -0.388. The Kier molecular flexibility index (Phi) is 9.77. The summed E-state index contributed by atoms with van der Waals surface area (Å²) in [5.41, 5.74) is 1.56. The van der Waals surface area contributed by atoms with Gasteiger partial charge in [-0.25, -0.2) is 4.79 Å². The highest BCUT2D eigenvalue weighted by Gasteiger charge is 2.45. The molecule has 0 bridgehead atoms. The maximum atomic E-state index is 12.9. The van der Waals surface area contributed by atoms with Gasteiger partial charge in [-0.3, -0.25) is 0 Å². The predicted molar refractivity (Wildman–Crippen MR) is 143 cm³/mol. The Morgan fingerprint density at radius 1 is 1.10 bits per heavy atom. The van der Waals surface area contributed by atoms with Crippen molar-refractivity contribution in [2.75, 3.05) is 27.6 Å². The van der Waals surface area contributed by atoms with Crippen LogP contribution in [0, 0.1) is 0 Å². The van der Waals surface area contributed by atoms with E-state index in [1.165, 1.54) is 7.11 Å². The molecule has 0 spiro atoms. The van der Waals surface area contributed by atoms with Gasteiger partial charge in [0.25, 0.3) is 0 Å². The molecule has 2 aliphatic heterocycles. The minimum absolute atomic E-state index is 0.00805. The van der Waals surface area contributed by atoms with Crippen molar-refractivity contribution in [3.63, 3.8) is 0 Å². The molecule has 3 unspecified atom stereocenters. The molecule has 2 heterocycles. The van der Waals surface area contributed by atoms with Gasteiger partial charge in [0.2, 0.25) is 0 Å². The molecule has 4 rings (SSSR count). The van der Waals surface area contributed by atoms with Crippen LogP contribution in [0.2, 0.25) is 0 Å². The highest BCUT2D eigenvalue weighted by Crippen LogP contribution is 2.37. The molecular formula is C30H36O9. The summed E-state index contributed by atoms with van der Waals surface area (Å²) in [7, 11) is 3.07. The van der Waals surface area contributed by atoms with Gasteiger partial charge < -0.3 is 38.3 Å². The molecule has 2 aliphatic rings. The van der Waals surface area contributed by atoms with Crippen LogP contribution in [0.1, 0.15) is 54.5 Å². The van der Waals surface area contributed by atoms with Crippen molar-refractivity contribution >= 4 is 12.0 Å². The summed E-state index contributed by atoms with van der Waals surface area (Å²) in [4.78, 5) is 12.9. The summed E-state index contributed by atoms with van der Waals surface area (Å²) in [6, 6.07) is 12.3. The van der Waals surface area contributed by atoms with Crippen molar-refractivity contribution in [2.45, 2.75) is 57.1 Å². The topological polar surface area (TPSA) is 102 Å². The molecule has 1 saturated heterocycles. The second-order valence-electron chi connectivity index (χ2n) is 9.63. The molecule has 9 nitrogen and oxygen atoms in total. The van der Waals surface area contributed by atoms with E-state index in [0.717, 1.165) is 0 Å². The molecule has 0 aliphatic carbocycles. The van der Waals surface area contributed by atoms with Gasteiger partial charge in [-0.15, -0.1) is 0 Å². The number of aliphatic hydroxyl groups excluding tert-OH is 1. The van der Waals surface area contributed by atoms with Crippen LogP contribution in [0.15, 0.2) is 60.7 Å². The Morgan fingerprint density at radius 2 is 1.90 bits per heavy atom. The number of carbonyl (C=O) groups excluding carboxylic acids is 1. The standard InChI is InChI=1S/C30H36O9/c1-30(2)38-24-15-10-13-21-17-22(34-4)18-25(36-19-33-3)26(21)29(32)35-16-9-8-14-23(27(24)39-30)37-28(31)20-11-6-5-7-12-20/h5-8,10-14,17-18,23-24,27,29,32H,9,15-16,19H2,1-4H3/b13-10+,14-8-/t23?,24-,27?,29?/m0/s1. The third-order valence-corrected chi connectivity index (χ3v) is 6.31. The number of rotatable bonds is 6. The first-order valence-corrected chi connectivity index (χ1v) is 12.9. The molecule has 1 fully saturated rings. The van der Waals surface area contributed by atoms with Gasteiger partial charge in [-0.05, 0) is 56.5 Å². The van der Waals surface area contributed by atoms with Crippen LogP contribution < -0.4 is 9.47 Å². The lowest BCUT2D eigenvalue weighted by Gasteiger charge is -2.24. The van der Waals surface area contributed by atoms with Crippen LogP contribution in [-0.2, 0) is 23.7 Å². The lowest BCUT2D eigenvalue weighted by Crippen LogP contribution is -2.37. The molecule has 0 saturated carbocycles. The van der Waals surface area contributed by atoms with Crippen LogP contribution >= 0.6 is 0 Å². The van der Waals surface area contributed by atoms with E-state index in [9.17, 15) is 9.90 Å². The summed E-state index contributed by atoms with van der Waals surface area (Å²) in [5, 5.41) is 11.0. The highest BCUT2D eigenvalue weighted by molar-refractivity contribution is 5.89. The Labute approximate surface area is 228 Å². The first kappa shape index (κ1) is 28.8. The number of hydrogen-bond donors (Lipinski definition) is 1. The molecular weight excluding hydrogens is 504 g/mol. The number of carbonyl (C=O) groups is 1. The number of esters is 1. The van der Waals surface area contributed by atoms with Gasteiger partial charge in [-0.1, -0.05) is 36.4 Å². The number of aliphatic hydroxyl groups is 1. The summed E-state index contributed by atoms with van der Waals surface area (Å²) < 4.78 is 40.4. The van der Waals surface area contributed by atoms with E-state index in [4.69, 9.17) is 33.2 Å². The zero-order valence-corrected chi connectivity index (χ0v) is 22.7. The van der Waals surface area contributed by atoms with Crippen molar-refractivity contribution in [3.8, 4) is 11.5 Å². The summed E-state index contributed by atoms with van der Waals surface area (Å²) >= 11 is 0. The number of methoxy groups -OCH3 is 2. The van der Waals surface area contributed by atoms with Crippen molar-refractivity contribution in [2.24, 2.45) is 0 Å². The van der Waals surface area contributed by atoms with Gasteiger partial charge in [-0.2, -0.15) is 0 Å². The van der Waals surface area contributed by atoms with E-state index in [-0.39, 0.29) is 13.4 Å². The van der Waals surface area contributed by atoms with Crippen molar-refractivity contribution in [1.29, 1.82) is 0 Å². The van der Waals surface area contributed by atoms with Crippen LogP contribution in [0.5, 0.6) is 11.5 Å². The Hall–Kier alpha value is -3.21. The van der Waals surface area contributed by atoms with Crippen molar-refractivity contribution < 1.29 is 43.1 Å². The fourth-order valence-electron chi connectivity index (χ4n) is 4.58. The maximum absolute atomic E-state index is 12.9. The molecule has 9 heteroatoms. The lowest BCUT2D eigenvalue weighted by atomic mass is 10.0. The molecule has 0 amide bonds. The van der Waals surface area contributed by atoms with Crippen LogP contribution in [-0.4, -0.2) is 62.8 Å². The van der Waals surface area contributed by atoms with Gasteiger partial charge in [0, 0.05) is 13.2 Å². The second kappa shape index (κ2) is 13.2. The van der Waals surface area contributed by atoms with Gasteiger partial charge in [0.15, 0.2) is 18.9 Å². The number of hydrogen-bond acceptors (Lipinski definition) is 9. The quantitative estimate of drug-likeness (QED) is 0.315. The van der Waals surface area contributed by atoms with E-state index in [1.54, 1.807) is 49.6 Å². The van der Waals surface area contributed by atoms with Crippen molar-refractivity contribution in [3.05, 3.63) is 77.4 Å². The highest BCUT2D eigenvalue weighted by atomic mass is 16.8. The lowest BCUT2D eigenvalue weighted by molar-refractivity contribution is -0.152. The zero-order chi connectivity index (χ0) is 27.8. The average molecular weight is 541 g/mol. The summed E-state index contributed by atoms with van der Waals surface area (Å²) in [6.45, 7) is 3.86. The Morgan fingerprint density at radius 3 is 2.64 bits per heavy atom. The Bertz CT molecular complexity index is 1160. The smallest absolute Gasteiger partial charge is 0.338 e. The third kappa shape index (κ3) is 7.46. The molecule has 2 aromatic rings. The molecule has 2 aromatic carbocycles. The van der Waals surface area contributed by atoms with Crippen LogP contribution in [0.3, 0.4) is 0 Å². The van der Waals surface area contributed by atoms with Crippen LogP contribution in [0.4, 0.5) is 0 Å².